The maximum atomic E-state index is 11.9. The normalized spacial score (nSPS) is 21.1. The van der Waals surface area contributed by atoms with Crippen molar-refractivity contribution in [2.75, 3.05) is 19.7 Å². The summed E-state index contributed by atoms with van der Waals surface area (Å²) in [5, 5.41) is 0. The molecule has 0 saturated carbocycles. The predicted molar refractivity (Wildman–Crippen MR) is 67.4 cm³/mol. The van der Waals surface area contributed by atoms with Gasteiger partial charge >= 0.3 is 6.09 Å². The van der Waals surface area contributed by atoms with E-state index in [1.165, 1.54) is 13.0 Å². The minimum Gasteiger partial charge on any atom is -0.444 e. The van der Waals surface area contributed by atoms with Crippen LogP contribution in [0, 0.1) is 0 Å². The van der Waals surface area contributed by atoms with Gasteiger partial charge in [0.05, 0.1) is 19.3 Å². The Morgan fingerprint density at radius 2 is 2.06 bits per heavy atom. The van der Waals surface area contributed by atoms with Gasteiger partial charge in [-0.25, -0.2) is 4.79 Å². The standard InChI is InChI=1S/C13H21NO4/c1-10(15)5-6-11-9-14(7-8-17-11)12(16)18-13(2,3)4/h5-6,11H,7-9H2,1-4H3/b6-5+. The van der Waals surface area contributed by atoms with Gasteiger partial charge in [-0.1, -0.05) is 6.08 Å². The lowest BCUT2D eigenvalue weighted by Crippen LogP contribution is -2.46. The summed E-state index contributed by atoms with van der Waals surface area (Å²) in [4.78, 5) is 24.3. The van der Waals surface area contributed by atoms with E-state index in [0.29, 0.717) is 19.7 Å². The van der Waals surface area contributed by atoms with Crippen molar-refractivity contribution in [3.8, 4) is 0 Å². The van der Waals surface area contributed by atoms with Gasteiger partial charge in [-0.05, 0) is 33.8 Å². The van der Waals surface area contributed by atoms with Crippen molar-refractivity contribution in [2.45, 2.75) is 39.4 Å². The molecule has 0 aromatic heterocycles. The zero-order valence-electron chi connectivity index (χ0n) is 11.4. The van der Waals surface area contributed by atoms with E-state index in [9.17, 15) is 9.59 Å². The third kappa shape index (κ3) is 5.31. The molecule has 0 aromatic carbocycles. The molecular weight excluding hydrogens is 234 g/mol. The lowest BCUT2D eigenvalue weighted by molar-refractivity contribution is -0.112. The average molecular weight is 255 g/mol. The Bertz CT molecular complexity index is 343. The molecule has 102 valence electrons. The summed E-state index contributed by atoms with van der Waals surface area (Å²) in [5.41, 5.74) is -0.500. The van der Waals surface area contributed by atoms with Crippen LogP contribution < -0.4 is 0 Å². The number of morpholine rings is 1. The van der Waals surface area contributed by atoms with Gasteiger partial charge < -0.3 is 14.4 Å². The molecule has 5 nitrogen and oxygen atoms in total. The first-order valence-corrected chi connectivity index (χ1v) is 6.06. The molecule has 0 spiro atoms. The quantitative estimate of drug-likeness (QED) is 0.706. The van der Waals surface area contributed by atoms with Crippen LogP contribution in [0.2, 0.25) is 0 Å². The van der Waals surface area contributed by atoms with E-state index < -0.39 is 5.60 Å². The number of ether oxygens (including phenoxy) is 2. The maximum Gasteiger partial charge on any atom is 0.410 e. The van der Waals surface area contributed by atoms with Crippen LogP contribution in [0.1, 0.15) is 27.7 Å². The van der Waals surface area contributed by atoms with Crippen LogP contribution in [0.3, 0.4) is 0 Å². The predicted octanol–water partition coefficient (Wildman–Crippen LogP) is 1.77. The van der Waals surface area contributed by atoms with Crippen molar-refractivity contribution in [1.29, 1.82) is 0 Å². The van der Waals surface area contributed by atoms with E-state index in [4.69, 9.17) is 9.47 Å². The van der Waals surface area contributed by atoms with Crippen LogP contribution in [0.4, 0.5) is 4.79 Å². The number of nitrogens with zero attached hydrogens (tertiary/aromatic N) is 1. The Morgan fingerprint density at radius 1 is 1.39 bits per heavy atom. The monoisotopic (exact) mass is 255 g/mol. The number of allylic oxidation sites excluding steroid dienone is 1. The highest BCUT2D eigenvalue weighted by Crippen LogP contribution is 2.13. The molecule has 1 amide bonds. The number of hydrogen-bond donors (Lipinski definition) is 0. The molecular formula is C13H21NO4. The first kappa shape index (κ1) is 14.7. The van der Waals surface area contributed by atoms with E-state index in [1.807, 2.05) is 20.8 Å². The van der Waals surface area contributed by atoms with Gasteiger partial charge in [0.15, 0.2) is 5.78 Å². The molecule has 1 atom stereocenters. The minimum atomic E-state index is -0.500. The average Bonchev–Trinajstić information content (AvgIpc) is 2.24. The number of amides is 1. The van der Waals surface area contributed by atoms with Crippen molar-refractivity contribution in [2.24, 2.45) is 0 Å². The second-order valence-corrected chi connectivity index (χ2v) is 5.31. The van der Waals surface area contributed by atoms with Crippen LogP contribution in [-0.2, 0) is 14.3 Å². The largest absolute Gasteiger partial charge is 0.444 e. The maximum absolute atomic E-state index is 11.9. The highest BCUT2D eigenvalue weighted by atomic mass is 16.6. The van der Waals surface area contributed by atoms with E-state index in [1.54, 1.807) is 11.0 Å². The van der Waals surface area contributed by atoms with Gasteiger partial charge in [0, 0.05) is 6.54 Å². The fraction of sp³-hybridized carbons (Fsp3) is 0.692. The summed E-state index contributed by atoms with van der Waals surface area (Å²) in [6.07, 6.45) is 2.56. The van der Waals surface area contributed by atoms with Gasteiger partial charge in [0.25, 0.3) is 0 Å². The molecule has 1 unspecified atom stereocenters. The Kier molecular flexibility index (Phi) is 4.90. The smallest absolute Gasteiger partial charge is 0.410 e. The van der Waals surface area contributed by atoms with Crippen LogP contribution in [0.25, 0.3) is 0 Å². The molecule has 18 heavy (non-hydrogen) atoms. The molecule has 1 heterocycles. The Labute approximate surface area is 108 Å². The molecule has 1 saturated heterocycles. The van der Waals surface area contributed by atoms with Crippen molar-refractivity contribution in [1.82, 2.24) is 4.90 Å². The second kappa shape index (κ2) is 6.00. The molecule has 1 rings (SSSR count). The molecule has 1 aliphatic rings. The van der Waals surface area contributed by atoms with Crippen LogP contribution >= 0.6 is 0 Å². The second-order valence-electron chi connectivity index (χ2n) is 5.31. The Hall–Kier alpha value is -1.36. The summed E-state index contributed by atoms with van der Waals surface area (Å²) in [7, 11) is 0. The van der Waals surface area contributed by atoms with Crippen molar-refractivity contribution in [3.63, 3.8) is 0 Å². The van der Waals surface area contributed by atoms with Crippen LogP contribution in [0.15, 0.2) is 12.2 Å². The first-order valence-electron chi connectivity index (χ1n) is 6.06. The van der Waals surface area contributed by atoms with Gasteiger partial charge in [-0.15, -0.1) is 0 Å². The minimum absolute atomic E-state index is 0.0343. The van der Waals surface area contributed by atoms with Crippen molar-refractivity contribution < 1.29 is 19.1 Å². The first-order chi connectivity index (χ1) is 8.28. The topological polar surface area (TPSA) is 55.8 Å². The van der Waals surface area contributed by atoms with E-state index in [0.717, 1.165) is 0 Å². The fourth-order valence-corrected chi connectivity index (χ4v) is 1.53. The number of carbonyl (C=O) groups excluding carboxylic acids is 2. The number of hydrogen-bond acceptors (Lipinski definition) is 4. The van der Waals surface area contributed by atoms with Gasteiger partial charge in [0.1, 0.15) is 5.60 Å². The SMILES string of the molecule is CC(=O)/C=C/C1CN(C(=O)OC(C)(C)C)CCO1. The molecule has 0 bridgehead atoms. The zero-order valence-corrected chi connectivity index (χ0v) is 11.4. The molecule has 5 heteroatoms. The number of rotatable bonds is 2. The number of ketones is 1. The third-order valence-electron chi connectivity index (χ3n) is 2.29. The highest BCUT2D eigenvalue weighted by Gasteiger charge is 2.26. The highest BCUT2D eigenvalue weighted by molar-refractivity contribution is 5.87. The molecule has 0 radical (unpaired) electrons. The molecule has 1 aliphatic heterocycles. The van der Waals surface area contributed by atoms with Gasteiger partial charge in [-0.3, -0.25) is 4.79 Å². The van der Waals surface area contributed by atoms with E-state index in [2.05, 4.69) is 0 Å². The molecule has 1 fully saturated rings. The fourth-order valence-electron chi connectivity index (χ4n) is 1.53. The van der Waals surface area contributed by atoms with Gasteiger partial charge in [-0.2, -0.15) is 0 Å². The lowest BCUT2D eigenvalue weighted by Gasteiger charge is -2.33. The molecule has 0 aromatic rings. The molecule has 0 N–H and O–H groups in total. The summed E-state index contributed by atoms with van der Waals surface area (Å²) in [5.74, 6) is -0.0343. The summed E-state index contributed by atoms with van der Waals surface area (Å²) < 4.78 is 10.7. The lowest BCUT2D eigenvalue weighted by atomic mass is 10.2. The van der Waals surface area contributed by atoms with Crippen LogP contribution in [-0.4, -0.2) is 48.2 Å². The summed E-state index contributed by atoms with van der Waals surface area (Å²) >= 11 is 0. The summed E-state index contributed by atoms with van der Waals surface area (Å²) in [6, 6.07) is 0. The summed E-state index contributed by atoms with van der Waals surface area (Å²) in [6.45, 7) is 8.35. The third-order valence-corrected chi connectivity index (χ3v) is 2.29. The van der Waals surface area contributed by atoms with Crippen molar-refractivity contribution in [3.05, 3.63) is 12.2 Å². The Morgan fingerprint density at radius 3 is 2.61 bits per heavy atom. The van der Waals surface area contributed by atoms with Crippen LogP contribution in [0.5, 0.6) is 0 Å². The van der Waals surface area contributed by atoms with Gasteiger partial charge in [0.2, 0.25) is 0 Å². The molecule has 0 aliphatic carbocycles. The Balaban J connectivity index is 2.53. The van der Waals surface area contributed by atoms with E-state index in [-0.39, 0.29) is 18.0 Å². The van der Waals surface area contributed by atoms with E-state index >= 15 is 0 Å². The van der Waals surface area contributed by atoms with Crippen molar-refractivity contribution >= 4 is 11.9 Å². The number of carbonyl (C=O) groups is 2. The zero-order chi connectivity index (χ0) is 13.8.